The molecule has 0 aromatic heterocycles. The van der Waals surface area contributed by atoms with Crippen molar-refractivity contribution < 1.29 is 4.74 Å². The fraction of sp³-hybridized carbons (Fsp3) is 0.533. The number of rotatable bonds is 3. The second kappa shape index (κ2) is 5.37. The Kier molecular flexibility index (Phi) is 3.60. The van der Waals surface area contributed by atoms with Crippen LogP contribution in [0.3, 0.4) is 0 Å². The van der Waals surface area contributed by atoms with E-state index in [9.17, 15) is 0 Å². The molecule has 3 rings (SSSR count). The van der Waals surface area contributed by atoms with E-state index in [4.69, 9.17) is 17.0 Å². The Morgan fingerprint density at radius 2 is 2.21 bits per heavy atom. The molecule has 0 radical (unpaired) electrons. The van der Waals surface area contributed by atoms with Crippen molar-refractivity contribution in [3.63, 3.8) is 0 Å². The number of ether oxygens (including phenoxy) is 1. The number of nitrogens with one attached hydrogen (secondary N) is 2. The van der Waals surface area contributed by atoms with Crippen LogP contribution >= 0.6 is 12.2 Å². The van der Waals surface area contributed by atoms with Gasteiger partial charge in [-0.2, -0.15) is 0 Å². The molecule has 0 aliphatic heterocycles. The van der Waals surface area contributed by atoms with Gasteiger partial charge in [-0.1, -0.05) is 12.5 Å². The molecule has 0 unspecified atom stereocenters. The monoisotopic (exact) mass is 276 g/mol. The Hall–Kier alpha value is -1.29. The molecule has 0 spiro atoms. The highest BCUT2D eigenvalue weighted by Gasteiger charge is 2.39. The first-order valence-electron chi connectivity index (χ1n) is 6.96. The summed E-state index contributed by atoms with van der Waals surface area (Å²) in [7, 11) is 1.67. The number of hydrogen-bond acceptors (Lipinski definition) is 2. The van der Waals surface area contributed by atoms with Crippen molar-refractivity contribution >= 4 is 23.0 Å². The summed E-state index contributed by atoms with van der Waals surface area (Å²) in [4.78, 5) is 0. The fourth-order valence-corrected chi connectivity index (χ4v) is 3.73. The van der Waals surface area contributed by atoms with Gasteiger partial charge in [-0.25, -0.2) is 0 Å². The molecule has 2 fully saturated rings. The fourth-order valence-electron chi connectivity index (χ4n) is 3.46. The number of methoxy groups -OCH3 is 1. The molecule has 3 atom stereocenters. The zero-order chi connectivity index (χ0) is 13.2. The minimum atomic E-state index is 0.573. The molecule has 0 amide bonds. The largest absolute Gasteiger partial charge is 0.497 e. The maximum atomic E-state index is 5.40. The van der Waals surface area contributed by atoms with Crippen LogP contribution in [0.25, 0.3) is 0 Å². The Labute approximate surface area is 119 Å². The molecule has 2 aliphatic carbocycles. The Balaban J connectivity index is 1.56. The first-order valence-corrected chi connectivity index (χ1v) is 7.37. The van der Waals surface area contributed by atoms with Crippen LogP contribution in [0.15, 0.2) is 24.3 Å². The molecular weight excluding hydrogens is 256 g/mol. The van der Waals surface area contributed by atoms with E-state index in [1.54, 1.807) is 7.11 Å². The summed E-state index contributed by atoms with van der Waals surface area (Å²) in [6.45, 7) is 0. The Morgan fingerprint density at radius 1 is 1.32 bits per heavy atom. The normalized spacial score (nSPS) is 28.2. The summed E-state index contributed by atoms with van der Waals surface area (Å²) in [5, 5.41) is 7.45. The highest BCUT2D eigenvalue weighted by atomic mass is 32.1. The van der Waals surface area contributed by atoms with E-state index in [1.807, 2.05) is 24.3 Å². The predicted octanol–water partition coefficient (Wildman–Crippen LogP) is 3.17. The van der Waals surface area contributed by atoms with Crippen LogP contribution in [-0.2, 0) is 0 Å². The van der Waals surface area contributed by atoms with Crippen LogP contribution in [0.2, 0.25) is 0 Å². The number of hydrogen-bond donors (Lipinski definition) is 2. The predicted molar refractivity (Wildman–Crippen MR) is 81.6 cm³/mol. The van der Waals surface area contributed by atoms with Crippen molar-refractivity contribution in [3.05, 3.63) is 24.3 Å². The van der Waals surface area contributed by atoms with Gasteiger partial charge in [0, 0.05) is 17.8 Å². The van der Waals surface area contributed by atoms with Crippen molar-refractivity contribution in [3.8, 4) is 5.75 Å². The molecule has 4 heteroatoms. The second-order valence-corrected chi connectivity index (χ2v) is 6.02. The molecule has 1 aromatic carbocycles. The quantitative estimate of drug-likeness (QED) is 0.831. The van der Waals surface area contributed by atoms with Crippen molar-refractivity contribution in [1.29, 1.82) is 0 Å². The van der Waals surface area contributed by atoms with Gasteiger partial charge in [-0.15, -0.1) is 0 Å². The van der Waals surface area contributed by atoms with Crippen molar-refractivity contribution in [2.24, 2.45) is 11.8 Å². The molecule has 3 nitrogen and oxygen atoms in total. The Bertz CT molecular complexity index is 477. The van der Waals surface area contributed by atoms with Crippen molar-refractivity contribution in [1.82, 2.24) is 5.32 Å². The smallest absolute Gasteiger partial charge is 0.171 e. The zero-order valence-corrected chi connectivity index (χ0v) is 12.0. The van der Waals surface area contributed by atoms with E-state index in [2.05, 4.69) is 10.6 Å². The van der Waals surface area contributed by atoms with E-state index >= 15 is 0 Å². The van der Waals surface area contributed by atoms with Crippen LogP contribution < -0.4 is 15.4 Å². The molecule has 2 aliphatic rings. The topological polar surface area (TPSA) is 33.3 Å². The van der Waals surface area contributed by atoms with Gasteiger partial charge < -0.3 is 15.4 Å². The van der Waals surface area contributed by atoms with Crippen LogP contribution in [0.5, 0.6) is 5.75 Å². The maximum absolute atomic E-state index is 5.40. The Morgan fingerprint density at radius 3 is 2.89 bits per heavy atom. The second-order valence-electron chi connectivity index (χ2n) is 5.61. The van der Waals surface area contributed by atoms with Gasteiger partial charge in [0.25, 0.3) is 0 Å². The molecular formula is C15H20N2OS. The van der Waals surface area contributed by atoms with E-state index in [1.165, 1.54) is 25.7 Å². The molecule has 102 valence electrons. The first-order chi connectivity index (χ1) is 9.24. The van der Waals surface area contributed by atoms with Crippen LogP contribution in [-0.4, -0.2) is 18.3 Å². The summed E-state index contributed by atoms with van der Waals surface area (Å²) >= 11 is 5.40. The van der Waals surface area contributed by atoms with E-state index < -0.39 is 0 Å². The lowest BCUT2D eigenvalue weighted by atomic mass is 9.96. The molecule has 2 bridgehead atoms. The lowest BCUT2D eigenvalue weighted by molar-refractivity contribution is 0.392. The third-order valence-corrected chi connectivity index (χ3v) is 4.60. The van der Waals surface area contributed by atoms with Gasteiger partial charge in [0.05, 0.1) is 7.11 Å². The maximum Gasteiger partial charge on any atom is 0.171 e. The van der Waals surface area contributed by atoms with Crippen LogP contribution in [0.4, 0.5) is 5.69 Å². The van der Waals surface area contributed by atoms with Gasteiger partial charge in [0.2, 0.25) is 0 Å². The lowest BCUT2D eigenvalue weighted by Gasteiger charge is -2.24. The van der Waals surface area contributed by atoms with E-state index in [-0.39, 0.29) is 0 Å². The molecule has 2 saturated carbocycles. The van der Waals surface area contributed by atoms with Gasteiger partial charge in [0.15, 0.2) is 5.11 Å². The zero-order valence-electron chi connectivity index (χ0n) is 11.2. The summed E-state index contributed by atoms with van der Waals surface area (Å²) in [5.41, 5.74) is 0.972. The summed E-state index contributed by atoms with van der Waals surface area (Å²) in [6.07, 6.45) is 5.45. The van der Waals surface area contributed by atoms with Crippen LogP contribution in [0, 0.1) is 11.8 Å². The minimum absolute atomic E-state index is 0.573. The lowest BCUT2D eigenvalue weighted by Crippen LogP contribution is -2.40. The van der Waals surface area contributed by atoms with Gasteiger partial charge in [-0.05, 0) is 55.4 Å². The molecule has 1 aromatic rings. The van der Waals surface area contributed by atoms with Gasteiger partial charge in [0.1, 0.15) is 5.75 Å². The molecule has 0 heterocycles. The third-order valence-electron chi connectivity index (χ3n) is 4.38. The average Bonchev–Trinajstić information content (AvgIpc) is 3.01. The standard InChI is InChI=1S/C15H20N2OS/c1-18-13-4-2-3-12(9-13)16-15(19)17-14-8-10-5-6-11(14)7-10/h2-4,9-11,14H,5-8H2,1H3,(H2,16,17,19)/t10-,11+,14+/m0/s1. The minimum Gasteiger partial charge on any atom is -0.497 e. The third kappa shape index (κ3) is 2.84. The van der Waals surface area contributed by atoms with E-state index in [0.717, 1.165) is 28.4 Å². The van der Waals surface area contributed by atoms with Gasteiger partial charge in [-0.3, -0.25) is 0 Å². The van der Waals surface area contributed by atoms with Crippen LogP contribution in [0.1, 0.15) is 25.7 Å². The number of thiocarbonyl (C=S) groups is 1. The summed E-state index contributed by atoms with van der Waals surface area (Å²) < 4.78 is 5.21. The molecule has 0 saturated heterocycles. The summed E-state index contributed by atoms with van der Waals surface area (Å²) in [5.74, 6) is 2.60. The number of fused-ring (bicyclic) bond motifs is 2. The average molecular weight is 276 g/mol. The number of anilines is 1. The highest BCUT2D eigenvalue weighted by Crippen LogP contribution is 2.44. The molecule has 19 heavy (non-hydrogen) atoms. The number of benzene rings is 1. The highest BCUT2D eigenvalue weighted by molar-refractivity contribution is 7.80. The van der Waals surface area contributed by atoms with Crippen molar-refractivity contribution in [2.75, 3.05) is 12.4 Å². The summed E-state index contributed by atoms with van der Waals surface area (Å²) in [6, 6.07) is 8.41. The van der Waals surface area contributed by atoms with E-state index in [0.29, 0.717) is 6.04 Å². The first kappa shape index (κ1) is 12.7. The SMILES string of the molecule is COc1cccc(NC(=S)N[C@@H]2C[C@H]3CC[C@@H]2C3)c1. The molecule has 2 N–H and O–H groups in total. The van der Waals surface area contributed by atoms with Crippen molar-refractivity contribution in [2.45, 2.75) is 31.7 Å². The van der Waals surface area contributed by atoms with Gasteiger partial charge >= 0.3 is 0 Å².